The molecule has 0 amide bonds. The maximum Gasteiger partial charge on any atom is 0.244 e. The first-order chi connectivity index (χ1) is 11.1. The van der Waals surface area contributed by atoms with E-state index in [9.17, 15) is 21.9 Å². The number of sulfonamides is 1. The predicted octanol–water partition coefficient (Wildman–Crippen LogP) is -0.971. The summed E-state index contributed by atoms with van der Waals surface area (Å²) in [5.41, 5.74) is 0.786. The van der Waals surface area contributed by atoms with E-state index in [1.807, 2.05) is 0 Å². The number of sulfone groups is 1. The lowest BCUT2D eigenvalue weighted by Gasteiger charge is -2.15. The van der Waals surface area contributed by atoms with E-state index in [1.165, 1.54) is 13.2 Å². The fraction of sp³-hybridized carbons (Fsp3) is 0.571. The van der Waals surface area contributed by atoms with E-state index < -0.39 is 32.0 Å². The molecule has 0 spiro atoms. The zero-order chi connectivity index (χ0) is 18.0. The third-order valence-electron chi connectivity index (χ3n) is 3.75. The number of aliphatic hydroxyl groups is 1. The minimum Gasteiger partial charge on any atom is -0.495 e. The van der Waals surface area contributed by atoms with Crippen LogP contribution in [0.2, 0.25) is 0 Å². The summed E-state index contributed by atoms with van der Waals surface area (Å²) in [5, 5.41) is 12.5. The number of benzene rings is 1. The molecule has 2 atom stereocenters. The Morgan fingerprint density at radius 3 is 2.58 bits per heavy atom. The van der Waals surface area contributed by atoms with Gasteiger partial charge in [0.15, 0.2) is 9.84 Å². The molecule has 3 N–H and O–H groups in total. The summed E-state index contributed by atoms with van der Waals surface area (Å²) in [6, 6.07) is 4.28. The number of aliphatic hydroxyl groups excluding tert-OH is 1. The number of aryl methyl sites for hydroxylation is 1. The molecule has 2 rings (SSSR count). The molecule has 1 aromatic carbocycles. The molecule has 1 aliphatic rings. The summed E-state index contributed by atoms with van der Waals surface area (Å²) in [6.07, 6.45) is -0.969. The van der Waals surface area contributed by atoms with E-state index in [2.05, 4.69) is 10.0 Å². The Labute approximate surface area is 142 Å². The van der Waals surface area contributed by atoms with Crippen molar-refractivity contribution in [3.05, 3.63) is 23.8 Å². The molecule has 0 saturated carbocycles. The molecule has 136 valence electrons. The van der Waals surface area contributed by atoms with Crippen LogP contribution in [0, 0.1) is 6.92 Å². The molecule has 8 nitrogen and oxygen atoms in total. The molecule has 0 unspecified atom stereocenters. The first kappa shape index (κ1) is 19.1. The van der Waals surface area contributed by atoms with Crippen molar-refractivity contribution in [2.75, 3.05) is 31.7 Å². The van der Waals surface area contributed by atoms with Crippen LogP contribution in [-0.2, 0) is 19.9 Å². The summed E-state index contributed by atoms with van der Waals surface area (Å²) in [7, 11) is -5.59. The molecule has 24 heavy (non-hydrogen) atoms. The van der Waals surface area contributed by atoms with E-state index in [-0.39, 0.29) is 35.2 Å². The van der Waals surface area contributed by atoms with Gasteiger partial charge in [-0.15, -0.1) is 0 Å². The second kappa shape index (κ2) is 7.36. The van der Waals surface area contributed by atoms with Gasteiger partial charge in [0.05, 0.1) is 24.7 Å². The number of nitrogens with one attached hydrogen (secondary N) is 2. The van der Waals surface area contributed by atoms with Crippen LogP contribution in [0.1, 0.15) is 5.56 Å². The zero-order valence-electron chi connectivity index (χ0n) is 13.5. The molecular formula is C14H22N2O6S2. The second-order valence-corrected chi connectivity index (χ2v) is 9.65. The van der Waals surface area contributed by atoms with Crippen LogP contribution in [0.3, 0.4) is 0 Å². The topological polar surface area (TPSA) is 122 Å². The average Bonchev–Trinajstić information content (AvgIpc) is 2.76. The Kier molecular flexibility index (Phi) is 5.87. The summed E-state index contributed by atoms with van der Waals surface area (Å²) >= 11 is 0. The first-order valence-corrected chi connectivity index (χ1v) is 10.7. The normalized spacial score (nSPS) is 23.3. The van der Waals surface area contributed by atoms with Gasteiger partial charge in [-0.1, -0.05) is 6.07 Å². The zero-order valence-corrected chi connectivity index (χ0v) is 15.2. The highest BCUT2D eigenvalue weighted by molar-refractivity contribution is 7.91. The van der Waals surface area contributed by atoms with E-state index in [4.69, 9.17) is 4.74 Å². The van der Waals surface area contributed by atoms with Crippen LogP contribution in [0.15, 0.2) is 23.1 Å². The SMILES string of the molecule is COc1ccc(C)cc1S(=O)(=O)NCCN[C@H]1CS(=O)(=O)C[C@@H]1O. The van der Waals surface area contributed by atoms with Gasteiger partial charge in [-0.2, -0.15) is 0 Å². The van der Waals surface area contributed by atoms with E-state index in [0.29, 0.717) is 0 Å². The van der Waals surface area contributed by atoms with E-state index in [1.54, 1.807) is 19.1 Å². The van der Waals surface area contributed by atoms with Crippen LogP contribution in [0.5, 0.6) is 5.75 Å². The van der Waals surface area contributed by atoms with Gasteiger partial charge in [-0.25, -0.2) is 21.6 Å². The quantitative estimate of drug-likeness (QED) is 0.522. The van der Waals surface area contributed by atoms with Crippen molar-refractivity contribution < 1.29 is 26.7 Å². The molecule has 1 aliphatic heterocycles. The molecule has 1 fully saturated rings. The van der Waals surface area contributed by atoms with E-state index in [0.717, 1.165) is 5.56 Å². The third-order valence-corrected chi connectivity index (χ3v) is 6.95. The standard InChI is InChI=1S/C14H22N2O6S2/c1-10-3-4-13(22-2)14(7-10)24(20,21)16-6-5-15-11-8-23(18,19)9-12(11)17/h3-4,7,11-12,15-17H,5-6,8-9H2,1-2H3/t11-,12-/m0/s1. The monoisotopic (exact) mass is 378 g/mol. The Morgan fingerprint density at radius 1 is 1.29 bits per heavy atom. The molecular weight excluding hydrogens is 356 g/mol. The lowest BCUT2D eigenvalue weighted by molar-refractivity contribution is 0.166. The third kappa shape index (κ3) is 4.67. The number of hydrogen-bond donors (Lipinski definition) is 3. The first-order valence-electron chi connectivity index (χ1n) is 7.41. The number of hydrogen-bond acceptors (Lipinski definition) is 7. The van der Waals surface area contributed by atoms with Crippen molar-refractivity contribution in [1.29, 1.82) is 0 Å². The van der Waals surface area contributed by atoms with Crippen molar-refractivity contribution >= 4 is 19.9 Å². The Balaban J connectivity index is 1.93. The highest BCUT2D eigenvalue weighted by Crippen LogP contribution is 2.24. The van der Waals surface area contributed by atoms with Gasteiger partial charge < -0.3 is 15.2 Å². The fourth-order valence-corrected chi connectivity index (χ4v) is 5.60. The largest absolute Gasteiger partial charge is 0.495 e. The van der Waals surface area contributed by atoms with Gasteiger partial charge in [0.2, 0.25) is 10.0 Å². The van der Waals surface area contributed by atoms with Gasteiger partial charge >= 0.3 is 0 Å². The predicted molar refractivity (Wildman–Crippen MR) is 89.4 cm³/mol. The van der Waals surface area contributed by atoms with Crippen molar-refractivity contribution in [2.45, 2.75) is 24.0 Å². The van der Waals surface area contributed by atoms with Crippen molar-refractivity contribution in [3.8, 4) is 5.75 Å². The summed E-state index contributed by atoms with van der Waals surface area (Å²) in [6.45, 7) is 2.04. The van der Waals surface area contributed by atoms with Gasteiger partial charge in [0, 0.05) is 19.1 Å². The Morgan fingerprint density at radius 2 is 2.00 bits per heavy atom. The average molecular weight is 378 g/mol. The van der Waals surface area contributed by atoms with Gasteiger partial charge in [-0.05, 0) is 24.6 Å². The molecule has 0 radical (unpaired) electrons. The summed E-state index contributed by atoms with van der Waals surface area (Å²) in [4.78, 5) is 0.0495. The molecule has 0 aromatic heterocycles. The molecule has 1 saturated heterocycles. The van der Waals surface area contributed by atoms with Crippen LogP contribution in [0.25, 0.3) is 0 Å². The minimum absolute atomic E-state index is 0.0495. The van der Waals surface area contributed by atoms with Crippen LogP contribution in [0.4, 0.5) is 0 Å². The second-order valence-electron chi connectivity index (χ2n) is 5.76. The lowest BCUT2D eigenvalue weighted by Crippen LogP contribution is -2.42. The molecule has 1 aromatic rings. The maximum atomic E-state index is 12.4. The lowest BCUT2D eigenvalue weighted by atomic mass is 10.2. The number of ether oxygens (including phenoxy) is 1. The molecule has 0 aliphatic carbocycles. The number of rotatable bonds is 7. The van der Waals surface area contributed by atoms with E-state index >= 15 is 0 Å². The highest BCUT2D eigenvalue weighted by atomic mass is 32.2. The smallest absolute Gasteiger partial charge is 0.244 e. The Hall–Kier alpha value is -1.20. The summed E-state index contributed by atoms with van der Waals surface area (Å²) in [5.74, 6) is -0.165. The van der Waals surface area contributed by atoms with Crippen LogP contribution < -0.4 is 14.8 Å². The van der Waals surface area contributed by atoms with Crippen LogP contribution in [-0.4, -0.2) is 65.8 Å². The fourth-order valence-electron chi connectivity index (χ4n) is 2.54. The van der Waals surface area contributed by atoms with Gasteiger partial charge in [0.25, 0.3) is 0 Å². The molecule has 0 bridgehead atoms. The maximum absolute atomic E-state index is 12.4. The number of methoxy groups -OCH3 is 1. The minimum atomic E-state index is -3.75. The van der Waals surface area contributed by atoms with Crippen molar-refractivity contribution in [3.63, 3.8) is 0 Å². The highest BCUT2D eigenvalue weighted by Gasteiger charge is 2.35. The van der Waals surface area contributed by atoms with Crippen LogP contribution >= 0.6 is 0 Å². The molecule has 1 heterocycles. The summed E-state index contributed by atoms with van der Waals surface area (Å²) < 4.78 is 55.0. The Bertz CT molecular complexity index is 791. The van der Waals surface area contributed by atoms with Gasteiger partial charge in [-0.3, -0.25) is 0 Å². The van der Waals surface area contributed by atoms with Crippen molar-refractivity contribution in [2.24, 2.45) is 0 Å². The van der Waals surface area contributed by atoms with Crippen molar-refractivity contribution in [1.82, 2.24) is 10.0 Å². The van der Waals surface area contributed by atoms with Gasteiger partial charge in [0.1, 0.15) is 10.6 Å². The molecule has 10 heteroatoms.